The van der Waals surface area contributed by atoms with E-state index in [0.29, 0.717) is 17.1 Å². The van der Waals surface area contributed by atoms with Crippen LogP contribution in [0.3, 0.4) is 0 Å². The molecule has 0 unspecified atom stereocenters. The Kier molecular flexibility index (Phi) is 14.8. The van der Waals surface area contributed by atoms with Crippen LogP contribution in [0, 0.1) is 5.92 Å². The van der Waals surface area contributed by atoms with Crippen molar-refractivity contribution in [1.29, 1.82) is 0 Å². The van der Waals surface area contributed by atoms with Crippen molar-refractivity contribution in [3.63, 3.8) is 0 Å². The first-order valence-electron chi connectivity index (χ1n) is 8.02. The normalized spacial score (nSPS) is 11.9. The van der Waals surface area contributed by atoms with Gasteiger partial charge in [0.1, 0.15) is 0 Å². The Hall–Kier alpha value is -1.58. The molecule has 128 valence electrons. The van der Waals surface area contributed by atoms with Crippen LogP contribution in [-0.2, 0) is 9.59 Å². The summed E-state index contributed by atoms with van der Waals surface area (Å²) >= 11 is 0. The number of hydrogen-bond donors (Lipinski definition) is 2. The summed E-state index contributed by atoms with van der Waals surface area (Å²) in [6.45, 7) is 9.54. The van der Waals surface area contributed by atoms with Crippen molar-refractivity contribution in [2.45, 2.75) is 73.1 Å². The third-order valence-corrected chi connectivity index (χ3v) is 3.08. The van der Waals surface area contributed by atoms with E-state index in [1.54, 1.807) is 26.0 Å². The minimum atomic E-state index is -0.819. The van der Waals surface area contributed by atoms with Gasteiger partial charge in [0, 0.05) is 11.1 Å². The maximum absolute atomic E-state index is 10.4. The smallest absolute Gasteiger partial charge is 0.330 e. The summed E-state index contributed by atoms with van der Waals surface area (Å²) in [5.74, 6) is -1.08. The topological polar surface area (TPSA) is 74.6 Å². The highest BCUT2D eigenvalue weighted by atomic mass is 16.4. The van der Waals surface area contributed by atoms with Crippen LogP contribution < -0.4 is 0 Å². The average Bonchev–Trinajstić information content (AvgIpc) is 2.44. The van der Waals surface area contributed by atoms with Crippen LogP contribution in [0.25, 0.3) is 0 Å². The second kappa shape index (κ2) is 14.4. The van der Waals surface area contributed by atoms with Gasteiger partial charge in [0.15, 0.2) is 0 Å². The molecule has 0 spiro atoms. The van der Waals surface area contributed by atoms with Crippen LogP contribution in [0.15, 0.2) is 23.3 Å². The van der Waals surface area contributed by atoms with E-state index in [1.807, 2.05) is 0 Å². The fraction of sp³-hybridized carbons (Fsp3) is 0.667. The van der Waals surface area contributed by atoms with Gasteiger partial charge in [-0.05, 0) is 39.0 Å². The number of carbonyl (C=O) groups is 2. The molecule has 0 aromatic carbocycles. The molecule has 0 fully saturated rings. The predicted octanol–water partition coefficient (Wildman–Crippen LogP) is 5.05. The van der Waals surface area contributed by atoms with Gasteiger partial charge in [-0.3, -0.25) is 0 Å². The van der Waals surface area contributed by atoms with Crippen LogP contribution in [0.1, 0.15) is 73.1 Å². The molecule has 4 heteroatoms. The summed E-state index contributed by atoms with van der Waals surface area (Å²) in [6, 6.07) is 0. The van der Waals surface area contributed by atoms with E-state index in [-0.39, 0.29) is 0 Å². The largest absolute Gasteiger partial charge is 0.478 e. The number of hydrogen-bond acceptors (Lipinski definition) is 2. The molecule has 0 saturated carbocycles. The molecule has 0 saturated heterocycles. The Bertz CT molecular complexity index is 379. The third-order valence-electron chi connectivity index (χ3n) is 3.08. The fourth-order valence-corrected chi connectivity index (χ4v) is 1.48. The van der Waals surface area contributed by atoms with Crippen molar-refractivity contribution in [2.75, 3.05) is 0 Å². The first-order chi connectivity index (χ1) is 10.2. The zero-order chi connectivity index (χ0) is 17.5. The Balaban J connectivity index is 0. The van der Waals surface area contributed by atoms with E-state index < -0.39 is 11.9 Å². The lowest BCUT2D eigenvalue weighted by Gasteiger charge is -1.97. The van der Waals surface area contributed by atoms with Crippen LogP contribution in [0.2, 0.25) is 0 Å². The zero-order valence-electron chi connectivity index (χ0n) is 14.7. The van der Waals surface area contributed by atoms with Gasteiger partial charge >= 0.3 is 11.9 Å². The Morgan fingerprint density at radius 2 is 1.41 bits per heavy atom. The van der Waals surface area contributed by atoms with E-state index in [2.05, 4.69) is 20.8 Å². The van der Waals surface area contributed by atoms with Crippen LogP contribution in [0.4, 0.5) is 0 Å². The Morgan fingerprint density at radius 3 is 1.82 bits per heavy atom. The van der Waals surface area contributed by atoms with E-state index in [4.69, 9.17) is 10.2 Å². The third kappa shape index (κ3) is 16.5. The highest BCUT2D eigenvalue weighted by molar-refractivity contribution is 5.86. The van der Waals surface area contributed by atoms with Gasteiger partial charge in [0.2, 0.25) is 0 Å². The Labute approximate surface area is 134 Å². The molecule has 0 rings (SSSR count). The molecule has 0 amide bonds. The summed E-state index contributed by atoms with van der Waals surface area (Å²) in [7, 11) is 0. The SMILES string of the molecule is CC(=CCC(C)C)C(=O)O.CCCCCCC=C(C)C(=O)O. The summed E-state index contributed by atoms with van der Waals surface area (Å²) < 4.78 is 0. The van der Waals surface area contributed by atoms with Crippen molar-refractivity contribution in [3.8, 4) is 0 Å². The van der Waals surface area contributed by atoms with Crippen molar-refractivity contribution in [2.24, 2.45) is 5.92 Å². The minimum Gasteiger partial charge on any atom is -0.478 e. The molecule has 0 bridgehead atoms. The summed E-state index contributed by atoms with van der Waals surface area (Å²) in [4.78, 5) is 20.6. The van der Waals surface area contributed by atoms with Crippen LogP contribution >= 0.6 is 0 Å². The first kappa shape index (κ1) is 22.7. The summed E-state index contributed by atoms with van der Waals surface area (Å²) in [6.07, 6.45) is 10.1. The van der Waals surface area contributed by atoms with Crippen molar-refractivity contribution in [3.05, 3.63) is 23.3 Å². The molecule has 0 heterocycles. The quantitative estimate of drug-likeness (QED) is 0.461. The molecule has 4 nitrogen and oxygen atoms in total. The number of rotatable bonds is 9. The number of aliphatic carboxylic acids is 2. The van der Waals surface area contributed by atoms with E-state index >= 15 is 0 Å². The van der Waals surface area contributed by atoms with Gasteiger partial charge in [0.05, 0.1) is 0 Å². The zero-order valence-corrected chi connectivity index (χ0v) is 14.7. The van der Waals surface area contributed by atoms with E-state index in [0.717, 1.165) is 19.3 Å². The van der Waals surface area contributed by atoms with Gasteiger partial charge in [-0.2, -0.15) is 0 Å². The van der Waals surface area contributed by atoms with Crippen molar-refractivity contribution >= 4 is 11.9 Å². The number of unbranched alkanes of at least 4 members (excludes halogenated alkanes) is 4. The summed E-state index contributed by atoms with van der Waals surface area (Å²) in [5, 5.41) is 16.9. The molecular formula is C18H32O4. The molecule has 0 aromatic heterocycles. The van der Waals surface area contributed by atoms with Crippen LogP contribution in [-0.4, -0.2) is 22.2 Å². The Morgan fingerprint density at radius 1 is 0.909 bits per heavy atom. The first-order valence-corrected chi connectivity index (χ1v) is 8.02. The van der Waals surface area contributed by atoms with Gasteiger partial charge in [0.25, 0.3) is 0 Å². The van der Waals surface area contributed by atoms with E-state index in [9.17, 15) is 9.59 Å². The van der Waals surface area contributed by atoms with Gasteiger partial charge in [-0.15, -0.1) is 0 Å². The molecule has 0 aliphatic heterocycles. The lowest BCUT2D eigenvalue weighted by molar-refractivity contribution is -0.133. The van der Waals surface area contributed by atoms with Crippen molar-refractivity contribution in [1.82, 2.24) is 0 Å². The highest BCUT2D eigenvalue weighted by Gasteiger charge is 1.98. The van der Waals surface area contributed by atoms with Crippen molar-refractivity contribution < 1.29 is 19.8 Å². The highest BCUT2D eigenvalue weighted by Crippen LogP contribution is 2.05. The molecule has 2 N–H and O–H groups in total. The second-order valence-corrected chi connectivity index (χ2v) is 5.86. The maximum Gasteiger partial charge on any atom is 0.330 e. The maximum atomic E-state index is 10.4. The predicted molar refractivity (Wildman–Crippen MR) is 91.0 cm³/mol. The van der Waals surface area contributed by atoms with Crippen LogP contribution in [0.5, 0.6) is 0 Å². The van der Waals surface area contributed by atoms with Gasteiger partial charge in [-0.1, -0.05) is 52.2 Å². The number of allylic oxidation sites excluding steroid dienone is 2. The lowest BCUT2D eigenvalue weighted by Crippen LogP contribution is -1.96. The lowest BCUT2D eigenvalue weighted by atomic mass is 10.1. The molecule has 0 aromatic rings. The minimum absolute atomic E-state index is 0.439. The molecule has 0 atom stereocenters. The fourth-order valence-electron chi connectivity index (χ4n) is 1.48. The summed E-state index contributed by atoms with van der Waals surface area (Å²) in [5.41, 5.74) is 0.903. The molecular weight excluding hydrogens is 280 g/mol. The number of carboxylic acids is 2. The second-order valence-electron chi connectivity index (χ2n) is 5.86. The molecule has 0 aliphatic carbocycles. The van der Waals surface area contributed by atoms with Gasteiger partial charge < -0.3 is 10.2 Å². The molecule has 0 radical (unpaired) electrons. The number of carboxylic acid groups (broad SMARTS) is 2. The average molecular weight is 312 g/mol. The molecule has 0 aliphatic rings. The standard InChI is InChI=1S/C10H18O2.C8H14O2/c1-3-4-5-6-7-8-9(2)10(11)12;1-6(2)4-5-7(3)8(9)10/h8H,3-7H2,1-2H3,(H,11,12);5-6H,4H2,1-3H3,(H,9,10). The monoisotopic (exact) mass is 312 g/mol. The molecule has 22 heavy (non-hydrogen) atoms. The van der Waals surface area contributed by atoms with Gasteiger partial charge in [-0.25, -0.2) is 9.59 Å². The van der Waals surface area contributed by atoms with E-state index in [1.165, 1.54) is 19.3 Å².